The van der Waals surface area contributed by atoms with Gasteiger partial charge in [0.2, 0.25) is 0 Å². The van der Waals surface area contributed by atoms with E-state index in [4.69, 9.17) is 29.6 Å². The molecule has 0 aliphatic heterocycles. The summed E-state index contributed by atoms with van der Waals surface area (Å²) in [6.45, 7) is 4.38. The molecule has 94 valence electrons. The zero-order valence-corrected chi connectivity index (χ0v) is 12.1. The average Bonchev–Trinajstić information content (AvgIpc) is 2.28. The molecule has 1 atom stereocenters. The number of anilines is 1. The molecule has 0 amide bonds. The van der Waals surface area contributed by atoms with Gasteiger partial charge < -0.3 is 10.6 Å². The molecule has 1 rings (SSSR count). The SMILES string of the molecule is CCCC(C)N(C)c1ccc(C(N)=S)cc1Cl. The van der Waals surface area contributed by atoms with Crippen LogP contribution in [0.3, 0.4) is 0 Å². The molecule has 0 aromatic heterocycles. The van der Waals surface area contributed by atoms with Gasteiger partial charge in [-0.15, -0.1) is 0 Å². The number of hydrogen-bond acceptors (Lipinski definition) is 2. The fourth-order valence-electron chi connectivity index (χ4n) is 1.80. The number of thiocarbonyl (C=S) groups is 1. The highest BCUT2D eigenvalue weighted by molar-refractivity contribution is 7.80. The second kappa shape index (κ2) is 6.22. The second-order valence-electron chi connectivity index (χ2n) is 4.28. The number of nitrogens with zero attached hydrogens (tertiary/aromatic N) is 1. The summed E-state index contributed by atoms with van der Waals surface area (Å²) in [6.07, 6.45) is 2.30. The van der Waals surface area contributed by atoms with Gasteiger partial charge >= 0.3 is 0 Å². The molecular weight excluding hydrogens is 252 g/mol. The Morgan fingerprint density at radius 1 is 1.53 bits per heavy atom. The highest BCUT2D eigenvalue weighted by Gasteiger charge is 2.12. The third kappa shape index (κ3) is 3.58. The van der Waals surface area contributed by atoms with Crippen LogP contribution in [0.25, 0.3) is 0 Å². The van der Waals surface area contributed by atoms with E-state index in [1.807, 2.05) is 18.2 Å². The molecule has 0 aliphatic carbocycles. The lowest BCUT2D eigenvalue weighted by atomic mass is 10.1. The minimum atomic E-state index is 0.378. The van der Waals surface area contributed by atoms with E-state index in [-0.39, 0.29) is 0 Å². The van der Waals surface area contributed by atoms with Crippen LogP contribution in [0, 0.1) is 0 Å². The van der Waals surface area contributed by atoms with E-state index in [1.54, 1.807) is 0 Å². The molecule has 0 aliphatic rings. The second-order valence-corrected chi connectivity index (χ2v) is 5.13. The minimum Gasteiger partial charge on any atom is -0.389 e. The smallest absolute Gasteiger partial charge is 0.104 e. The fourth-order valence-corrected chi connectivity index (χ4v) is 2.24. The molecule has 0 saturated heterocycles. The Labute approximate surface area is 114 Å². The van der Waals surface area contributed by atoms with Crippen molar-refractivity contribution in [2.45, 2.75) is 32.7 Å². The molecular formula is C13H19ClN2S. The van der Waals surface area contributed by atoms with Crippen LogP contribution in [0.15, 0.2) is 18.2 Å². The van der Waals surface area contributed by atoms with Crippen LogP contribution >= 0.6 is 23.8 Å². The average molecular weight is 271 g/mol. The van der Waals surface area contributed by atoms with Crippen molar-refractivity contribution in [3.63, 3.8) is 0 Å². The summed E-state index contributed by atoms with van der Waals surface area (Å²) in [5.74, 6) is 0. The zero-order valence-electron chi connectivity index (χ0n) is 10.5. The number of rotatable bonds is 5. The van der Waals surface area contributed by atoms with E-state index in [0.29, 0.717) is 16.1 Å². The lowest BCUT2D eigenvalue weighted by Crippen LogP contribution is -2.28. The first-order valence-electron chi connectivity index (χ1n) is 5.79. The third-order valence-electron chi connectivity index (χ3n) is 2.98. The highest BCUT2D eigenvalue weighted by atomic mass is 35.5. The monoisotopic (exact) mass is 270 g/mol. The van der Waals surface area contributed by atoms with Crippen molar-refractivity contribution in [3.8, 4) is 0 Å². The van der Waals surface area contributed by atoms with Gasteiger partial charge in [-0.2, -0.15) is 0 Å². The summed E-state index contributed by atoms with van der Waals surface area (Å²) in [6, 6.07) is 6.18. The van der Waals surface area contributed by atoms with Gasteiger partial charge in [0.1, 0.15) is 4.99 Å². The van der Waals surface area contributed by atoms with Gasteiger partial charge in [-0.25, -0.2) is 0 Å². The van der Waals surface area contributed by atoms with Gasteiger partial charge in [0, 0.05) is 18.7 Å². The zero-order chi connectivity index (χ0) is 13.0. The topological polar surface area (TPSA) is 29.3 Å². The van der Waals surface area contributed by atoms with Gasteiger partial charge in [-0.3, -0.25) is 0 Å². The van der Waals surface area contributed by atoms with Crippen molar-refractivity contribution < 1.29 is 0 Å². The van der Waals surface area contributed by atoms with E-state index in [9.17, 15) is 0 Å². The third-order valence-corrected chi connectivity index (χ3v) is 3.52. The first kappa shape index (κ1) is 14.3. The van der Waals surface area contributed by atoms with Gasteiger partial charge in [0.25, 0.3) is 0 Å². The maximum absolute atomic E-state index is 6.26. The summed E-state index contributed by atoms with van der Waals surface area (Å²) in [4.78, 5) is 2.57. The van der Waals surface area contributed by atoms with E-state index < -0.39 is 0 Å². The Balaban J connectivity index is 2.95. The molecule has 0 bridgehead atoms. The number of hydrogen-bond donors (Lipinski definition) is 1. The quantitative estimate of drug-likeness (QED) is 0.829. The number of halogens is 1. The predicted octanol–water partition coefficient (Wildman–Crippen LogP) is 3.60. The van der Waals surface area contributed by atoms with E-state index >= 15 is 0 Å². The van der Waals surface area contributed by atoms with Crippen LogP contribution < -0.4 is 10.6 Å². The Bertz CT molecular complexity index is 406. The number of benzene rings is 1. The fraction of sp³-hybridized carbons (Fsp3) is 0.462. The molecule has 1 aromatic carbocycles. The Morgan fingerprint density at radius 2 is 2.18 bits per heavy atom. The Kier molecular flexibility index (Phi) is 5.22. The summed E-state index contributed by atoms with van der Waals surface area (Å²) in [7, 11) is 2.06. The van der Waals surface area contributed by atoms with Crippen molar-refractivity contribution in [2.75, 3.05) is 11.9 Å². The van der Waals surface area contributed by atoms with Crippen molar-refractivity contribution in [2.24, 2.45) is 5.73 Å². The molecule has 0 heterocycles. The van der Waals surface area contributed by atoms with Crippen molar-refractivity contribution in [1.29, 1.82) is 0 Å². The molecule has 17 heavy (non-hydrogen) atoms. The van der Waals surface area contributed by atoms with E-state index in [0.717, 1.165) is 24.1 Å². The van der Waals surface area contributed by atoms with Crippen molar-refractivity contribution in [1.82, 2.24) is 0 Å². The van der Waals surface area contributed by atoms with Gasteiger partial charge in [0.15, 0.2) is 0 Å². The first-order valence-corrected chi connectivity index (χ1v) is 6.58. The van der Waals surface area contributed by atoms with Gasteiger partial charge in [-0.1, -0.05) is 37.2 Å². The predicted molar refractivity (Wildman–Crippen MR) is 80.1 cm³/mol. The normalized spacial score (nSPS) is 12.2. The summed E-state index contributed by atoms with van der Waals surface area (Å²) < 4.78 is 0. The lowest BCUT2D eigenvalue weighted by molar-refractivity contribution is 0.616. The first-order chi connectivity index (χ1) is 7.97. The Hall–Kier alpha value is -0.800. The molecule has 4 heteroatoms. The maximum atomic E-state index is 6.26. The highest BCUT2D eigenvalue weighted by Crippen LogP contribution is 2.28. The summed E-state index contributed by atoms with van der Waals surface area (Å²) in [5, 5.41) is 0.695. The molecule has 0 radical (unpaired) electrons. The van der Waals surface area contributed by atoms with Crippen LogP contribution in [0.4, 0.5) is 5.69 Å². The van der Waals surface area contributed by atoms with Crippen LogP contribution in [-0.2, 0) is 0 Å². The Morgan fingerprint density at radius 3 is 2.65 bits per heavy atom. The van der Waals surface area contributed by atoms with Crippen LogP contribution in [0.5, 0.6) is 0 Å². The molecule has 0 fully saturated rings. The van der Waals surface area contributed by atoms with Crippen molar-refractivity contribution in [3.05, 3.63) is 28.8 Å². The van der Waals surface area contributed by atoms with Crippen LogP contribution in [0.1, 0.15) is 32.3 Å². The maximum Gasteiger partial charge on any atom is 0.104 e. The minimum absolute atomic E-state index is 0.378. The van der Waals surface area contributed by atoms with Crippen LogP contribution in [0.2, 0.25) is 5.02 Å². The van der Waals surface area contributed by atoms with E-state index in [2.05, 4.69) is 25.8 Å². The molecule has 0 spiro atoms. The molecule has 2 nitrogen and oxygen atoms in total. The molecule has 1 aromatic rings. The van der Waals surface area contributed by atoms with Crippen LogP contribution in [-0.4, -0.2) is 18.1 Å². The van der Waals surface area contributed by atoms with Crippen molar-refractivity contribution >= 4 is 34.5 Å². The van der Waals surface area contributed by atoms with Gasteiger partial charge in [-0.05, 0) is 31.5 Å². The van der Waals surface area contributed by atoms with E-state index in [1.165, 1.54) is 0 Å². The number of nitrogens with two attached hydrogens (primary N) is 1. The summed E-state index contributed by atoms with van der Waals surface area (Å²) in [5.41, 5.74) is 7.41. The largest absolute Gasteiger partial charge is 0.389 e. The van der Waals surface area contributed by atoms with Gasteiger partial charge in [0.05, 0.1) is 10.7 Å². The molecule has 2 N–H and O–H groups in total. The standard InChI is InChI=1S/C13H19ClN2S/c1-4-5-9(2)16(3)12-7-6-10(13(15)17)8-11(12)14/h6-9H,4-5H2,1-3H3,(H2,15,17). The lowest BCUT2D eigenvalue weighted by Gasteiger charge is -2.27. The summed E-state index contributed by atoms with van der Waals surface area (Å²) >= 11 is 11.2. The molecule has 1 unspecified atom stereocenters. The molecule has 0 saturated carbocycles.